The third kappa shape index (κ3) is 55.2. The number of carboxylic acid groups (broad SMARTS) is 1. The van der Waals surface area contributed by atoms with Gasteiger partial charge in [-0.15, -0.1) is 0 Å². The molecule has 13 heteroatoms. The van der Waals surface area contributed by atoms with Crippen LogP contribution in [0.15, 0.2) is 0 Å². The van der Waals surface area contributed by atoms with Crippen LogP contribution >= 0.6 is 0 Å². The Labute approximate surface area is 520 Å². The van der Waals surface area contributed by atoms with Crippen molar-refractivity contribution < 1.29 is 37.8 Å². The molecule has 0 saturated heterocycles. The number of hydrogen-bond acceptors (Lipinski definition) is 9. The highest BCUT2D eigenvalue weighted by Crippen LogP contribution is 2.24. The highest BCUT2D eigenvalue weighted by molar-refractivity contribution is 6.70. The fourth-order valence-electron chi connectivity index (χ4n) is 12.0. The van der Waals surface area contributed by atoms with Crippen LogP contribution in [-0.2, 0) is 27.6 Å². The first kappa shape index (κ1) is 82.4. The van der Waals surface area contributed by atoms with Crippen molar-refractivity contribution in [2.75, 3.05) is 39.3 Å². The average Bonchev–Trinajstić information content (AvgIpc) is 3.39. The van der Waals surface area contributed by atoms with E-state index in [2.05, 4.69) is 103 Å². The van der Waals surface area contributed by atoms with Crippen LogP contribution in [0.1, 0.15) is 304 Å². The summed E-state index contributed by atoms with van der Waals surface area (Å²) in [6, 6.07) is 0. The van der Waals surface area contributed by atoms with Crippen LogP contribution in [0.4, 0.5) is 0 Å². The lowest BCUT2D eigenvalue weighted by Crippen LogP contribution is -2.45. The Morgan fingerprint density at radius 1 is 0.361 bits per heavy atom. The van der Waals surface area contributed by atoms with Crippen molar-refractivity contribution in [1.29, 1.82) is 0 Å². The summed E-state index contributed by atoms with van der Waals surface area (Å²) in [5.74, 6) is -1.38. The van der Waals surface area contributed by atoms with Crippen molar-refractivity contribution >= 4 is 36.9 Å². The van der Waals surface area contributed by atoms with E-state index in [1.165, 1.54) is 212 Å². The molecular weight excluding hydrogens is 1080 g/mol. The first-order valence-corrected chi connectivity index (χ1v) is 46.3. The van der Waals surface area contributed by atoms with Crippen molar-refractivity contribution in [1.82, 2.24) is 9.80 Å². The van der Waals surface area contributed by atoms with E-state index in [9.17, 15) is 19.8 Å². The fourth-order valence-corrected chi connectivity index (χ4v) is 15.6. The highest BCUT2D eigenvalue weighted by Gasteiger charge is 2.30. The molecule has 0 spiro atoms. The molecule has 0 saturated carbocycles. The molecule has 0 aromatic heterocycles. The van der Waals surface area contributed by atoms with E-state index in [4.69, 9.17) is 18.0 Å². The Kier molecular flexibility index (Phi) is 52.8. The van der Waals surface area contributed by atoms with Gasteiger partial charge in [-0.25, -0.2) is 9.59 Å². The van der Waals surface area contributed by atoms with Gasteiger partial charge in [0.2, 0.25) is 0 Å². The second-order valence-corrected chi connectivity index (χ2v) is 42.4. The van der Waals surface area contributed by atoms with Crippen LogP contribution < -0.4 is 0 Å². The van der Waals surface area contributed by atoms with Gasteiger partial charge in [-0.2, -0.15) is 0 Å². The molecule has 0 fully saturated rings. The van der Waals surface area contributed by atoms with E-state index in [1.54, 1.807) is 0 Å². The maximum absolute atomic E-state index is 13.4. The summed E-state index contributed by atoms with van der Waals surface area (Å²) < 4.78 is 26.5. The number of carboxylic acids is 1. The third-order valence-electron chi connectivity index (χ3n) is 16.4. The molecule has 10 nitrogen and oxygen atoms in total. The molecule has 0 radical (unpaired) electrons. The lowest BCUT2D eigenvalue weighted by atomic mass is 10.00. The maximum atomic E-state index is 13.4. The fraction of sp³-hybridized carbons (Fsp3) is 0.971. The molecule has 0 rings (SSSR count). The van der Waals surface area contributed by atoms with E-state index in [0.29, 0.717) is 18.8 Å². The van der Waals surface area contributed by atoms with Crippen molar-refractivity contribution in [3.05, 3.63) is 0 Å². The molecule has 0 aliphatic carbocycles. The maximum Gasteiger partial charge on any atom is 0.345 e. The molecule has 6 atom stereocenters. The highest BCUT2D eigenvalue weighted by atomic mass is 28.4. The second kappa shape index (κ2) is 53.2. The number of aliphatic hydroxyl groups is 1. The van der Waals surface area contributed by atoms with Crippen molar-refractivity contribution in [3.63, 3.8) is 0 Å². The summed E-state index contributed by atoms with van der Waals surface area (Å²) >= 11 is 0. The molecule has 0 heterocycles. The predicted molar refractivity (Wildman–Crippen MR) is 367 cm³/mol. The number of esters is 1. The monoisotopic (exact) mass is 1230 g/mol. The SMILES string of the molecule is CCCCCCCCCCC(CN(CCCCC(OC(=O)C(O)CCCCN(C[C@H](C)CCCCCCCCCC)C[C@@H](CCCCCCCCCC)O[Si](C)(C)C)C(=O)O)CC(CCCCCCCCCC)O[Si](C)(C)C)O[Si](C)(C)C. The quantitative estimate of drug-likeness (QED) is 0.0346. The summed E-state index contributed by atoms with van der Waals surface area (Å²) in [6.45, 7) is 37.6. The summed E-state index contributed by atoms with van der Waals surface area (Å²) in [7, 11) is -5.45. The Bertz CT molecular complexity index is 1420. The number of carbonyl (C=O) groups excluding carboxylic acids is 1. The Morgan fingerprint density at radius 3 is 0.928 bits per heavy atom. The summed E-state index contributed by atoms with van der Waals surface area (Å²) in [5.41, 5.74) is 0. The topological polar surface area (TPSA) is 118 Å². The summed E-state index contributed by atoms with van der Waals surface area (Å²) in [4.78, 5) is 31.3. The molecule has 4 unspecified atom stereocenters. The lowest BCUT2D eigenvalue weighted by molar-refractivity contribution is -0.170. The van der Waals surface area contributed by atoms with E-state index in [-0.39, 0.29) is 31.2 Å². The van der Waals surface area contributed by atoms with Crippen LogP contribution in [0.2, 0.25) is 58.9 Å². The number of aliphatic hydroxyl groups excluding tert-OH is 1. The number of rotatable bonds is 63. The largest absolute Gasteiger partial charge is 0.479 e. The number of hydrogen-bond donors (Lipinski definition) is 2. The zero-order valence-corrected chi connectivity index (χ0v) is 61.1. The lowest BCUT2D eigenvalue weighted by Gasteiger charge is -2.35. The molecule has 0 aromatic rings. The second-order valence-electron chi connectivity index (χ2n) is 29.0. The van der Waals surface area contributed by atoms with Crippen LogP contribution in [0.5, 0.6) is 0 Å². The molecule has 2 N–H and O–H groups in total. The van der Waals surface area contributed by atoms with Gasteiger partial charge in [0.1, 0.15) is 0 Å². The number of aliphatic carboxylic acids is 1. The molecular formula is C70H146N2O8Si3. The van der Waals surface area contributed by atoms with Gasteiger partial charge in [0.15, 0.2) is 37.2 Å². The average molecular weight is 1230 g/mol. The van der Waals surface area contributed by atoms with Gasteiger partial charge in [0, 0.05) is 26.2 Å². The first-order valence-electron chi connectivity index (χ1n) is 36.1. The molecule has 0 aliphatic rings. The molecule has 0 aliphatic heterocycles. The minimum absolute atomic E-state index is 0.147. The minimum Gasteiger partial charge on any atom is -0.479 e. The number of unbranched alkanes of at least 4 members (excludes halogenated alkanes) is 30. The number of carbonyl (C=O) groups is 2. The van der Waals surface area contributed by atoms with Crippen LogP contribution in [0, 0.1) is 5.92 Å². The molecule has 83 heavy (non-hydrogen) atoms. The minimum atomic E-state index is -1.84. The van der Waals surface area contributed by atoms with Gasteiger partial charge in [0.25, 0.3) is 0 Å². The molecule has 0 bridgehead atoms. The van der Waals surface area contributed by atoms with Crippen molar-refractivity contribution in [3.8, 4) is 0 Å². The van der Waals surface area contributed by atoms with Crippen LogP contribution in [-0.4, -0.2) is 127 Å². The Hall–Kier alpha value is -0.649. The summed E-state index contributed by atoms with van der Waals surface area (Å²) in [6.07, 6.45) is 47.4. The van der Waals surface area contributed by atoms with Crippen LogP contribution in [0.3, 0.4) is 0 Å². The van der Waals surface area contributed by atoms with Gasteiger partial charge >= 0.3 is 11.9 Å². The van der Waals surface area contributed by atoms with Crippen LogP contribution in [0.25, 0.3) is 0 Å². The van der Waals surface area contributed by atoms with Crippen molar-refractivity contribution in [2.24, 2.45) is 5.92 Å². The van der Waals surface area contributed by atoms with E-state index in [1.807, 2.05) is 0 Å². The molecule has 0 aromatic carbocycles. The van der Waals surface area contributed by atoms with E-state index < -0.39 is 49.1 Å². The smallest absolute Gasteiger partial charge is 0.345 e. The van der Waals surface area contributed by atoms with Gasteiger partial charge in [0.05, 0.1) is 18.3 Å². The normalized spacial score (nSPS) is 14.8. The van der Waals surface area contributed by atoms with Crippen molar-refractivity contribution in [2.45, 2.75) is 394 Å². The first-order chi connectivity index (χ1) is 39.5. The zero-order chi connectivity index (χ0) is 62.0. The standard InChI is InChI=1S/C70H146N2O8Si3/c1-15-19-23-27-31-35-39-43-51-63(5)59-71(60-64(78-81(6,7)8)52-44-40-36-32-28-24-20-16-2)57-49-47-55-67(73)70(76)77-68(69(74)75)56-48-50-58-72(61-65(79-82(9,10)11)53-45-41-37-33-29-25-21-17-3)62-66(80-83(12,13)14)54-46-42-38-34-30-26-22-18-4/h63-68,73H,15-62H2,1-14H3,(H,74,75)/t63-,64-,65?,66?,67?,68?/m1/s1. The van der Waals surface area contributed by atoms with E-state index >= 15 is 0 Å². The number of nitrogens with zero attached hydrogens (tertiary/aromatic N) is 2. The summed E-state index contributed by atoms with van der Waals surface area (Å²) in [5, 5.41) is 21.5. The molecule has 0 amide bonds. The Morgan fingerprint density at radius 2 is 0.627 bits per heavy atom. The number of ether oxygens (including phenoxy) is 1. The van der Waals surface area contributed by atoms with Gasteiger partial charge in [-0.3, -0.25) is 4.90 Å². The molecule has 496 valence electrons. The third-order valence-corrected chi connectivity index (χ3v) is 19.5. The Balaban J connectivity index is 5.91. The predicted octanol–water partition coefficient (Wildman–Crippen LogP) is 20.7. The zero-order valence-electron chi connectivity index (χ0n) is 58.1. The van der Waals surface area contributed by atoms with Gasteiger partial charge in [-0.1, -0.05) is 240 Å². The van der Waals surface area contributed by atoms with Gasteiger partial charge in [-0.05, 0) is 142 Å². The van der Waals surface area contributed by atoms with E-state index in [0.717, 1.165) is 71.4 Å². The van der Waals surface area contributed by atoms with Gasteiger partial charge < -0.3 is 33.1 Å².